The summed E-state index contributed by atoms with van der Waals surface area (Å²) < 4.78 is 31.1. The first-order valence-corrected chi connectivity index (χ1v) is 6.70. The third-order valence-electron chi connectivity index (χ3n) is 2.64. The number of sulfonamides is 1. The molecule has 0 N–H and O–H groups in total. The zero-order valence-electron chi connectivity index (χ0n) is 9.22. The molecule has 1 aliphatic heterocycles. The summed E-state index contributed by atoms with van der Waals surface area (Å²) in [5.41, 5.74) is 0.771. The molecule has 1 aromatic rings. The van der Waals surface area contributed by atoms with E-state index in [1.807, 2.05) is 6.07 Å². The third kappa shape index (κ3) is 2.11. The van der Waals surface area contributed by atoms with Crippen LogP contribution >= 0.6 is 0 Å². The second-order valence-corrected chi connectivity index (χ2v) is 5.74. The van der Waals surface area contributed by atoms with Crippen molar-refractivity contribution < 1.29 is 13.2 Å². The van der Waals surface area contributed by atoms with Gasteiger partial charge in [-0.15, -0.1) is 0 Å². The monoisotopic (exact) mass is 241 g/mol. The number of ether oxygens (including phenoxy) is 1. The minimum atomic E-state index is -3.38. The molecule has 0 aliphatic carbocycles. The maximum absolute atomic E-state index is 12.3. The highest BCUT2D eigenvalue weighted by Gasteiger charge is 2.27. The average Bonchev–Trinajstić information content (AvgIpc) is 2.30. The first kappa shape index (κ1) is 11.6. The number of benzene rings is 1. The Morgan fingerprint density at radius 2 is 2.06 bits per heavy atom. The molecule has 0 bridgehead atoms. The average molecular weight is 241 g/mol. The van der Waals surface area contributed by atoms with Crippen LogP contribution in [0.25, 0.3) is 0 Å². The van der Waals surface area contributed by atoms with E-state index in [4.69, 9.17) is 4.74 Å². The fourth-order valence-electron chi connectivity index (χ4n) is 1.75. The van der Waals surface area contributed by atoms with Gasteiger partial charge in [-0.25, -0.2) is 8.42 Å². The zero-order chi connectivity index (χ0) is 11.6. The van der Waals surface area contributed by atoms with Crippen LogP contribution in [0.3, 0.4) is 0 Å². The zero-order valence-corrected chi connectivity index (χ0v) is 10.0. The number of aryl methyl sites for hydroxylation is 1. The van der Waals surface area contributed by atoms with Crippen LogP contribution < -0.4 is 0 Å². The Hall–Kier alpha value is -0.910. The summed E-state index contributed by atoms with van der Waals surface area (Å²) in [5.74, 6) is 0. The van der Waals surface area contributed by atoms with E-state index in [1.165, 1.54) is 4.31 Å². The van der Waals surface area contributed by atoms with Crippen molar-refractivity contribution in [3.63, 3.8) is 0 Å². The van der Waals surface area contributed by atoms with E-state index in [1.54, 1.807) is 25.1 Å². The van der Waals surface area contributed by atoms with Crippen LogP contribution in [-0.2, 0) is 14.8 Å². The number of rotatable bonds is 2. The molecule has 0 radical (unpaired) electrons. The number of nitrogens with zero attached hydrogens (tertiary/aromatic N) is 1. The predicted octanol–water partition coefficient (Wildman–Crippen LogP) is 1.36. The summed E-state index contributed by atoms with van der Waals surface area (Å²) >= 11 is 0. The Morgan fingerprint density at radius 3 is 2.69 bits per heavy atom. The van der Waals surface area contributed by atoms with Crippen LogP contribution in [0, 0.1) is 6.92 Å². The largest absolute Gasteiger partial charge is 0.365 e. The second kappa shape index (κ2) is 4.53. The molecule has 16 heavy (non-hydrogen) atoms. The molecule has 0 atom stereocenters. The molecular formula is C11H15NO3S. The van der Waals surface area contributed by atoms with Gasteiger partial charge in [0.1, 0.15) is 6.73 Å². The van der Waals surface area contributed by atoms with Crippen LogP contribution in [0.5, 0.6) is 0 Å². The maximum atomic E-state index is 12.3. The first-order chi connectivity index (χ1) is 7.62. The van der Waals surface area contributed by atoms with E-state index in [2.05, 4.69) is 0 Å². The number of hydrogen-bond donors (Lipinski definition) is 0. The molecule has 0 saturated carbocycles. The standard InChI is InChI=1S/C11H15NO3S/c1-10-5-2-3-6-11(10)16(13,14)12-7-4-8-15-9-12/h2-3,5-6H,4,7-9H2,1H3. The van der Waals surface area contributed by atoms with Gasteiger partial charge in [-0.3, -0.25) is 0 Å². The Balaban J connectivity index is 2.35. The molecule has 0 amide bonds. The van der Waals surface area contributed by atoms with Gasteiger partial charge < -0.3 is 4.74 Å². The third-order valence-corrected chi connectivity index (χ3v) is 4.62. The lowest BCUT2D eigenvalue weighted by atomic mass is 10.2. The lowest BCUT2D eigenvalue weighted by Gasteiger charge is -2.26. The van der Waals surface area contributed by atoms with Crippen molar-refractivity contribution in [3.05, 3.63) is 29.8 Å². The van der Waals surface area contributed by atoms with Gasteiger partial charge in [-0.1, -0.05) is 18.2 Å². The van der Waals surface area contributed by atoms with Crippen LogP contribution in [0.15, 0.2) is 29.2 Å². The highest BCUT2D eigenvalue weighted by molar-refractivity contribution is 7.89. The van der Waals surface area contributed by atoms with E-state index in [9.17, 15) is 8.42 Å². The molecular weight excluding hydrogens is 226 g/mol. The maximum Gasteiger partial charge on any atom is 0.245 e. The van der Waals surface area contributed by atoms with Gasteiger partial charge in [0.05, 0.1) is 4.90 Å². The van der Waals surface area contributed by atoms with E-state index in [-0.39, 0.29) is 6.73 Å². The van der Waals surface area contributed by atoms with Gasteiger partial charge in [0, 0.05) is 13.2 Å². The molecule has 0 aromatic heterocycles. The SMILES string of the molecule is Cc1ccccc1S(=O)(=O)N1CCCOC1. The van der Waals surface area contributed by atoms with Gasteiger partial charge in [-0.05, 0) is 25.0 Å². The van der Waals surface area contributed by atoms with Crippen molar-refractivity contribution in [2.24, 2.45) is 0 Å². The van der Waals surface area contributed by atoms with Crippen molar-refractivity contribution in [1.29, 1.82) is 0 Å². The molecule has 1 fully saturated rings. The Kier molecular flexibility index (Phi) is 3.28. The summed E-state index contributed by atoms with van der Waals surface area (Å²) in [6.45, 7) is 3.14. The van der Waals surface area contributed by atoms with E-state index < -0.39 is 10.0 Å². The summed E-state index contributed by atoms with van der Waals surface area (Å²) in [6.07, 6.45) is 0.755. The predicted molar refractivity (Wildman–Crippen MR) is 60.5 cm³/mol. The van der Waals surface area contributed by atoms with E-state index in [0.29, 0.717) is 18.0 Å². The van der Waals surface area contributed by atoms with Crippen LogP contribution in [0.4, 0.5) is 0 Å². The Morgan fingerprint density at radius 1 is 1.31 bits per heavy atom. The van der Waals surface area contributed by atoms with Crippen molar-refractivity contribution in [2.75, 3.05) is 19.9 Å². The lowest BCUT2D eigenvalue weighted by molar-refractivity contribution is 0.0313. The molecule has 4 nitrogen and oxygen atoms in total. The quantitative estimate of drug-likeness (QED) is 0.785. The minimum absolute atomic E-state index is 0.163. The minimum Gasteiger partial charge on any atom is -0.365 e. The normalized spacial score (nSPS) is 18.6. The molecule has 88 valence electrons. The summed E-state index contributed by atoms with van der Waals surface area (Å²) in [7, 11) is -3.38. The summed E-state index contributed by atoms with van der Waals surface area (Å²) in [6, 6.07) is 7.02. The Labute approximate surface area is 95.9 Å². The number of hydrogen-bond acceptors (Lipinski definition) is 3. The van der Waals surface area contributed by atoms with Crippen LogP contribution in [-0.4, -0.2) is 32.6 Å². The van der Waals surface area contributed by atoms with E-state index in [0.717, 1.165) is 12.0 Å². The van der Waals surface area contributed by atoms with Crippen molar-refractivity contribution in [1.82, 2.24) is 4.31 Å². The molecule has 1 heterocycles. The molecule has 1 aliphatic rings. The van der Waals surface area contributed by atoms with Crippen LogP contribution in [0.1, 0.15) is 12.0 Å². The van der Waals surface area contributed by atoms with Gasteiger partial charge in [0.25, 0.3) is 0 Å². The fraction of sp³-hybridized carbons (Fsp3) is 0.455. The highest BCUT2D eigenvalue weighted by Crippen LogP contribution is 2.20. The molecule has 0 unspecified atom stereocenters. The van der Waals surface area contributed by atoms with Crippen molar-refractivity contribution in [2.45, 2.75) is 18.2 Å². The summed E-state index contributed by atoms with van der Waals surface area (Å²) in [4.78, 5) is 0.375. The molecule has 1 aromatic carbocycles. The van der Waals surface area contributed by atoms with Gasteiger partial charge in [-0.2, -0.15) is 4.31 Å². The van der Waals surface area contributed by atoms with Crippen molar-refractivity contribution >= 4 is 10.0 Å². The van der Waals surface area contributed by atoms with Crippen molar-refractivity contribution in [3.8, 4) is 0 Å². The van der Waals surface area contributed by atoms with E-state index >= 15 is 0 Å². The molecule has 1 saturated heterocycles. The molecule has 5 heteroatoms. The summed E-state index contributed by atoms with van der Waals surface area (Å²) in [5, 5.41) is 0. The second-order valence-electron chi connectivity index (χ2n) is 3.84. The smallest absolute Gasteiger partial charge is 0.245 e. The fourth-order valence-corrected chi connectivity index (χ4v) is 3.33. The van der Waals surface area contributed by atoms with Crippen LogP contribution in [0.2, 0.25) is 0 Å². The van der Waals surface area contributed by atoms with Gasteiger partial charge in [0.2, 0.25) is 10.0 Å². The molecule has 0 spiro atoms. The lowest BCUT2D eigenvalue weighted by Crippen LogP contribution is -2.38. The first-order valence-electron chi connectivity index (χ1n) is 5.26. The molecule has 2 rings (SSSR count). The highest BCUT2D eigenvalue weighted by atomic mass is 32.2. The van der Waals surface area contributed by atoms with Gasteiger partial charge >= 0.3 is 0 Å². The Bertz CT molecular complexity index is 464. The topological polar surface area (TPSA) is 46.6 Å². The van der Waals surface area contributed by atoms with Gasteiger partial charge in [0.15, 0.2) is 0 Å².